The number of urea groups is 1. The van der Waals surface area contributed by atoms with Gasteiger partial charge in [-0.3, -0.25) is 14.6 Å². The van der Waals surface area contributed by atoms with Gasteiger partial charge in [0.05, 0.1) is 31.5 Å². The zero-order chi connectivity index (χ0) is 39.6. The molecule has 0 spiro atoms. The molecule has 5 atom stereocenters. The van der Waals surface area contributed by atoms with Crippen molar-refractivity contribution in [1.29, 1.82) is 0 Å². The first-order valence-corrected chi connectivity index (χ1v) is 18.7. The topological polar surface area (TPSA) is 153 Å². The molecule has 5 unspecified atom stereocenters. The molecule has 1 fully saturated rings. The fraction of sp³-hybridized carbons (Fsp3) is 0.500. The van der Waals surface area contributed by atoms with Crippen LogP contribution in [-0.4, -0.2) is 94.3 Å². The molecular formula is C42H58N6O6. The average Bonchev–Trinajstić information content (AvgIpc) is 3.44. The zero-order valence-electron chi connectivity index (χ0n) is 33.0. The Morgan fingerprint density at radius 2 is 1.41 bits per heavy atom. The molecule has 0 saturated carbocycles. The first kappa shape index (κ1) is 41.8. The van der Waals surface area contributed by atoms with Crippen LogP contribution in [0.25, 0.3) is 0 Å². The van der Waals surface area contributed by atoms with Gasteiger partial charge in [-0.2, -0.15) is 0 Å². The Morgan fingerprint density at radius 3 is 1.96 bits per heavy atom. The number of pyridine rings is 1. The number of rotatable bonds is 15. The highest BCUT2D eigenvalue weighted by molar-refractivity contribution is 5.89. The summed E-state index contributed by atoms with van der Waals surface area (Å²) in [6.45, 7) is 14.4. The van der Waals surface area contributed by atoms with E-state index >= 15 is 0 Å². The molecule has 1 saturated heterocycles. The molecule has 54 heavy (non-hydrogen) atoms. The fourth-order valence-electron chi connectivity index (χ4n) is 6.97. The number of hydrogen-bond donors (Lipinski definition) is 4. The van der Waals surface area contributed by atoms with Crippen LogP contribution in [-0.2, 0) is 33.7 Å². The van der Waals surface area contributed by atoms with E-state index in [0.717, 1.165) is 22.5 Å². The van der Waals surface area contributed by atoms with E-state index in [1.54, 1.807) is 9.80 Å². The number of nitrogens with zero attached hydrogens (tertiary/aromatic N) is 3. The van der Waals surface area contributed by atoms with Gasteiger partial charge < -0.3 is 35.6 Å². The summed E-state index contributed by atoms with van der Waals surface area (Å²) in [5.41, 5.74) is 2.19. The minimum atomic E-state index is -1.11. The molecule has 2 heterocycles. The van der Waals surface area contributed by atoms with Crippen LogP contribution in [0.1, 0.15) is 70.5 Å². The molecule has 3 aromatic rings. The summed E-state index contributed by atoms with van der Waals surface area (Å²) in [6, 6.07) is 21.6. The Labute approximate surface area is 320 Å². The van der Waals surface area contributed by atoms with Crippen LogP contribution in [0.15, 0.2) is 78.9 Å². The van der Waals surface area contributed by atoms with Gasteiger partial charge in [0.15, 0.2) is 0 Å². The lowest BCUT2D eigenvalue weighted by Gasteiger charge is -2.38. The lowest BCUT2D eigenvalue weighted by Crippen LogP contribution is -2.59. The highest BCUT2D eigenvalue weighted by atomic mass is 16.5. The highest BCUT2D eigenvalue weighted by Gasteiger charge is 2.44. The molecule has 4 N–H and O–H groups in total. The van der Waals surface area contributed by atoms with Gasteiger partial charge in [0.2, 0.25) is 11.8 Å². The molecule has 5 amide bonds. The van der Waals surface area contributed by atoms with Gasteiger partial charge >= 0.3 is 12.1 Å². The Kier molecular flexibility index (Phi) is 14.2. The predicted octanol–water partition coefficient (Wildman–Crippen LogP) is 5.02. The Hall–Kier alpha value is -4.97. The number of aliphatic hydroxyl groups excluding tert-OH is 1. The van der Waals surface area contributed by atoms with Crippen molar-refractivity contribution in [2.75, 3.05) is 20.2 Å². The molecular weight excluding hydrogens is 684 g/mol. The molecule has 0 radical (unpaired) electrons. The second-order valence-electron chi connectivity index (χ2n) is 16.4. The normalized spacial score (nSPS) is 16.2. The number of carbonyl (C=O) groups is 4. The van der Waals surface area contributed by atoms with Crippen molar-refractivity contribution in [2.24, 2.45) is 10.8 Å². The minimum Gasteiger partial charge on any atom is -0.453 e. The number of amides is 5. The Morgan fingerprint density at radius 1 is 0.796 bits per heavy atom. The van der Waals surface area contributed by atoms with E-state index in [1.807, 2.05) is 127 Å². The average molecular weight is 743 g/mol. The van der Waals surface area contributed by atoms with Crippen LogP contribution in [0.5, 0.6) is 0 Å². The van der Waals surface area contributed by atoms with Gasteiger partial charge in [0, 0.05) is 24.8 Å². The van der Waals surface area contributed by atoms with E-state index < -0.39 is 53.1 Å². The second-order valence-corrected chi connectivity index (χ2v) is 16.4. The van der Waals surface area contributed by atoms with Crippen LogP contribution in [0, 0.1) is 17.8 Å². The molecule has 0 aliphatic carbocycles. The highest BCUT2D eigenvalue weighted by Crippen LogP contribution is 2.29. The summed E-state index contributed by atoms with van der Waals surface area (Å²) in [6.07, 6.45) is -1.04. The largest absolute Gasteiger partial charge is 0.453 e. The van der Waals surface area contributed by atoms with E-state index in [4.69, 9.17) is 4.74 Å². The Balaban J connectivity index is 1.60. The van der Waals surface area contributed by atoms with Gasteiger partial charge in [-0.1, -0.05) is 108 Å². The molecule has 292 valence electrons. The van der Waals surface area contributed by atoms with Gasteiger partial charge in [0.25, 0.3) is 0 Å². The maximum Gasteiger partial charge on any atom is 0.407 e. The number of ether oxygens (including phenoxy) is 1. The lowest BCUT2D eigenvalue weighted by atomic mass is 9.84. The summed E-state index contributed by atoms with van der Waals surface area (Å²) in [5, 5.41) is 20.9. The number of carbonyl (C=O) groups excluding carboxylic acids is 4. The van der Waals surface area contributed by atoms with Crippen molar-refractivity contribution in [3.63, 3.8) is 0 Å². The van der Waals surface area contributed by atoms with E-state index in [2.05, 4.69) is 20.9 Å². The SMILES string of the molecule is COC(=O)NC(C(=O)NC(Cc1ccccc1)CC(O)C(Cc1ccccc1)NC(=O)C(N1CCN(Cc2cccc(C)n2)C1=O)C(C)(C)C)C(C)(C)C. The van der Waals surface area contributed by atoms with Gasteiger partial charge in [-0.05, 0) is 60.3 Å². The molecule has 1 aliphatic rings. The van der Waals surface area contributed by atoms with Gasteiger partial charge in [-0.15, -0.1) is 0 Å². The van der Waals surface area contributed by atoms with Crippen molar-refractivity contribution in [3.8, 4) is 0 Å². The summed E-state index contributed by atoms with van der Waals surface area (Å²) in [4.78, 5) is 62.2. The van der Waals surface area contributed by atoms with Crippen molar-refractivity contribution in [3.05, 3.63) is 101 Å². The van der Waals surface area contributed by atoms with E-state index in [0.29, 0.717) is 32.5 Å². The number of benzene rings is 2. The molecule has 12 heteroatoms. The number of nitrogens with one attached hydrogen (secondary N) is 3. The maximum absolute atomic E-state index is 14.5. The molecule has 1 aromatic heterocycles. The zero-order valence-corrected chi connectivity index (χ0v) is 33.0. The summed E-state index contributed by atoms with van der Waals surface area (Å²) >= 11 is 0. The molecule has 12 nitrogen and oxygen atoms in total. The van der Waals surface area contributed by atoms with Crippen molar-refractivity contribution in [1.82, 2.24) is 30.7 Å². The smallest absolute Gasteiger partial charge is 0.407 e. The number of alkyl carbamates (subject to hydrolysis) is 1. The predicted molar refractivity (Wildman–Crippen MR) is 208 cm³/mol. The second kappa shape index (κ2) is 18.4. The van der Waals surface area contributed by atoms with Crippen LogP contribution in [0.4, 0.5) is 9.59 Å². The van der Waals surface area contributed by atoms with E-state index in [-0.39, 0.29) is 18.4 Å². The van der Waals surface area contributed by atoms with Crippen LogP contribution >= 0.6 is 0 Å². The van der Waals surface area contributed by atoms with Crippen LogP contribution in [0.2, 0.25) is 0 Å². The molecule has 2 aromatic carbocycles. The monoisotopic (exact) mass is 742 g/mol. The minimum absolute atomic E-state index is 0.0909. The van der Waals surface area contributed by atoms with Crippen molar-refractivity contribution >= 4 is 23.9 Å². The van der Waals surface area contributed by atoms with Gasteiger partial charge in [-0.25, -0.2) is 9.59 Å². The number of methoxy groups -OCH3 is 1. The summed E-state index contributed by atoms with van der Waals surface area (Å²) < 4.78 is 4.80. The fourth-order valence-corrected chi connectivity index (χ4v) is 6.97. The lowest BCUT2D eigenvalue weighted by molar-refractivity contribution is -0.131. The number of aromatic nitrogens is 1. The van der Waals surface area contributed by atoms with Crippen LogP contribution in [0.3, 0.4) is 0 Å². The van der Waals surface area contributed by atoms with Gasteiger partial charge in [0.1, 0.15) is 12.1 Å². The van der Waals surface area contributed by atoms with E-state index in [9.17, 15) is 24.3 Å². The standard InChI is InChI=1S/C42H58N6O6/c1-28-16-15-21-31(43-28)27-47-22-23-48(40(47)53)36(42(5,6)7)38(51)45-33(25-30-19-13-10-14-20-30)34(49)26-32(24-29-17-11-9-12-18-29)44-37(50)35(41(2,3)4)46-39(52)54-8/h9-21,32-36,49H,22-27H2,1-8H3,(H,44,50)(H,45,51)(H,46,52). The van der Waals surface area contributed by atoms with E-state index in [1.165, 1.54) is 7.11 Å². The summed E-state index contributed by atoms with van der Waals surface area (Å²) in [5.74, 6) is -0.791. The maximum atomic E-state index is 14.5. The third-order valence-electron chi connectivity index (χ3n) is 9.67. The first-order chi connectivity index (χ1) is 25.5. The number of hydrogen-bond acceptors (Lipinski definition) is 7. The Bertz CT molecular complexity index is 1710. The number of aryl methyl sites for hydroxylation is 1. The third-order valence-corrected chi connectivity index (χ3v) is 9.67. The molecule has 0 bridgehead atoms. The first-order valence-electron chi connectivity index (χ1n) is 18.7. The molecule has 4 rings (SSSR count). The quantitative estimate of drug-likeness (QED) is 0.171. The summed E-state index contributed by atoms with van der Waals surface area (Å²) in [7, 11) is 1.24. The van der Waals surface area contributed by atoms with Crippen molar-refractivity contribution in [2.45, 2.75) is 105 Å². The third kappa shape index (κ3) is 11.8. The number of aliphatic hydroxyl groups is 1. The van der Waals surface area contributed by atoms with Crippen LogP contribution < -0.4 is 16.0 Å². The van der Waals surface area contributed by atoms with Crippen molar-refractivity contribution < 1.29 is 29.0 Å². The molecule has 1 aliphatic heterocycles.